The van der Waals surface area contributed by atoms with E-state index in [9.17, 15) is 18.0 Å². The Bertz CT molecular complexity index is 764. The standard InChI is InChI=1S/C19H29N3O5S/c1-14(2)22(15(3)4)18(23)13-27-19(24)16-7-10-21(11-8-16)28(25,26)17-6-5-9-20-12-17/h5-6,9,12,14-16H,7-8,10-11,13H2,1-4H3. The van der Waals surface area contributed by atoms with Gasteiger partial charge in [0, 0.05) is 37.6 Å². The van der Waals surface area contributed by atoms with E-state index in [1.54, 1.807) is 11.0 Å². The lowest BCUT2D eigenvalue weighted by Gasteiger charge is -2.32. The number of hydrogen-bond donors (Lipinski definition) is 0. The predicted octanol–water partition coefficient (Wildman–Crippen LogP) is 1.67. The summed E-state index contributed by atoms with van der Waals surface area (Å²) in [7, 11) is -3.61. The first-order valence-electron chi connectivity index (χ1n) is 9.52. The Labute approximate surface area is 166 Å². The first-order valence-corrected chi connectivity index (χ1v) is 11.0. The molecular weight excluding hydrogens is 382 g/mol. The highest BCUT2D eigenvalue weighted by molar-refractivity contribution is 7.89. The number of aromatic nitrogens is 1. The molecule has 156 valence electrons. The molecule has 1 amide bonds. The van der Waals surface area contributed by atoms with Crippen molar-refractivity contribution in [2.24, 2.45) is 5.92 Å². The van der Waals surface area contributed by atoms with Gasteiger partial charge in [-0.15, -0.1) is 0 Å². The zero-order valence-corrected chi connectivity index (χ0v) is 17.7. The Morgan fingerprint density at radius 2 is 1.82 bits per heavy atom. The molecule has 0 bridgehead atoms. The van der Waals surface area contributed by atoms with E-state index in [2.05, 4.69) is 4.98 Å². The molecule has 0 spiro atoms. The zero-order chi connectivity index (χ0) is 20.9. The summed E-state index contributed by atoms with van der Waals surface area (Å²) < 4.78 is 31.8. The average molecular weight is 412 g/mol. The summed E-state index contributed by atoms with van der Waals surface area (Å²) in [5.41, 5.74) is 0. The van der Waals surface area contributed by atoms with Gasteiger partial charge in [0.2, 0.25) is 10.0 Å². The molecule has 1 fully saturated rings. The van der Waals surface area contributed by atoms with Crippen molar-refractivity contribution >= 4 is 21.9 Å². The third-order valence-corrected chi connectivity index (χ3v) is 6.68. The number of pyridine rings is 1. The van der Waals surface area contributed by atoms with Crippen LogP contribution in [0.3, 0.4) is 0 Å². The SMILES string of the molecule is CC(C)N(C(=O)COC(=O)C1CCN(S(=O)(=O)c2cccnc2)CC1)C(C)C. The Morgan fingerprint density at radius 1 is 1.21 bits per heavy atom. The van der Waals surface area contributed by atoms with Crippen molar-refractivity contribution < 1.29 is 22.7 Å². The van der Waals surface area contributed by atoms with Crippen LogP contribution in [-0.4, -0.2) is 66.3 Å². The molecule has 28 heavy (non-hydrogen) atoms. The van der Waals surface area contributed by atoms with E-state index >= 15 is 0 Å². The molecule has 1 aliphatic rings. The van der Waals surface area contributed by atoms with Crippen LogP contribution < -0.4 is 0 Å². The van der Waals surface area contributed by atoms with Gasteiger partial charge >= 0.3 is 5.97 Å². The summed E-state index contributed by atoms with van der Waals surface area (Å²) in [5.74, 6) is -1.08. The number of esters is 1. The highest BCUT2D eigenvalue weighted by Gasteiger charge is 2.33. The van der Waals surface area contributed by atoms with Gasteiger partial charge in [-0.3, -0.25) is 14.6 Å². The minimum atomic E-state index is -3.61. The fraction of sp³-hybridized carbons (Fsp3) is 0.632. The molecule has 2 heterocycles. The Morgan fingerprint density at radius 3 is 2.32 bits per heavy atom. The van der Waals surface area contributed by atoms with Gasteiger partial charge in [0.15, 0.2) is 6.61 Å². The van der Waals surface area contributed by atoms with Gasteiger partial charge in [-0.25, -0.2) is 8.42 Å². The lowest BCUT2D eigenvalue weighted by Crippen LogP contribution is -2.45. The van der Waals surface area contributed by atoms with Gasteiger partial charge in [0.1, 0.15) is 4.90 Å². The Hall–Kier alpha value is -2.00. The van der Waals surface area contributed by atoms with Crippen LogP contribution in [0.5, 0.6) is 0 Å². The third kappa shape index (κ3) is 5.29. The molecule has 1 aliphatic heterocycles. The van der Waals surface area contributed by atoms with Gasteiger partial charge in [-0.1, -0.05) is 0 Å². The second kappa shape index (κ2) is 9.47. The number of nitrogens with zero attached hydrogens (tertiary/aromatic N) is 3. The molecule has 8 nitrogen and oxygen atoms in total. The van der Waals surface area contributed by atoms with Gasteiger partial charge < -0.3 is 9.64 Å². The molecule has 0 aliphatic carbocycles. The van der Waals surface area contributed by atoms with Crippen molar-refractivity contribution in [2.45, 2.75) is 57.5 Å². The Kier molecular flexibility index (Phi) is 7.54. The predicted molar refractivity (Wildman–Crippen MR) is 104 cm³/mol. The number of ether oxygens (including phenoxy) is 1. The quantitative estimate of drug-likeness (QED) is 0.633. The maximum absolute atomic E-state index is 12.6. The third-order valence-electron chi connectivity index (χ3n) is 4.80. The summed E-state index contributed by atoms with van der Waals surface area (Å²) in [5, 5.41) is 0. The van der Waals surface area contributed by atoms with Crippen molar-refractivity contribution in [1.29, 1.82) is 0 Å². The van der Waals surface area contributed by atoms with E-state index in [1.165, 1.54) is 22.8 Å². The molecule has 1 aromatic heterocycles. The number of piperidine rings is 1. The number of carbonyl (C=O) groups is 2. The highest BCUT2D eigenvalue weighted by atomic mass is 32.2. The first-order chi connectivity index (χ1) is 13.1. The molecule has 1 saturated heterocycles. The van der Waals surface area contributed by atoms with Crippen molar-refractivity contribution in [3.05, 3.63) is 24.5 Å². The average Bonchev–Trinajstić information content (AvgIpc) is 2.66. The molecule has 0 unspecified atom stereocenters. The maximum atomic E-state index is 12.6. The van der Waals surface area contributed by atoms with Crippen LogP contribution in [0.1, 0.15) is 40.5 Å². The van der Waals surface area contributed by atoms with E-state index < -0.39 is 21.9 Å². The number of carbonyl (C=O) groups excluding carboxylic acids is 2. The fourth-order valence-electron chi connectivity index (χ4n) is 3.48. The molecule has 0 radical (unpaired) electrons. The van der Waals surface area contributed by atoms with E-state index in [1.807, 2.05) is 27.7 Å². The molecule has 0 atom stereocenters. The fourth-order valence-corrected chi connectivity index (χ4v) is 4.91. The van der Waals surface area contributed by atoms with Crippen LogP contribution >= 0.6 is 0 Å². The number of hydrogen-bond acceptors (Lipinski definition) is 6. The van der Waals surface area contributed by atoms with Crippen LogP contribution in [0.4, 0.5) is 0 Å². The topological polar surface area (TPSA) is 96.9 Å². The summed E-state index contributed by atoms with van der Waals surface area (Å²) in [6.45, 7) is 7.83. The molecule has 0 N–H and O–H groups in total. The first kappa shape index (κ1) is 22.3. The van der Waals surface area contributed by atoms with E-state index in [0.29, 0.717) is 12.8 Å². The molecule has 9 heteroatoms. The van der Waals surface area contributed by atoms with E-state index in [-0.39, 0.29) is 42.6 Å². The summed E-state index contributed by atoms with van der Waals surface area (Å²) in [6, 6.07) is 3.12. The van der Waals surface area contributed by atoms with Crippen molar-refractivity contribution in [3.63, 3.8) is 0 Å². The van der Waals surface area contributed by atoms with Gasteiger partial charge in [-0.2, -0.15) is 4.31 Å². The van der Waals surface area contributed by atoms with Crippen LogP contribution in [0.15, 0.2) is 29.4 Å². The molecule has 0 saturated carbocycles. The molecule has 0 aromatic carbocycles. The smallest absolute Gasteiger partial charge is 0.309 e. The lowest BCUT2D eigenvalue weighted by molar-refractivity contribution is -0.157. The zero-order valence-electron chi connectivity index (χ0n) is 16.9. The van der Waals surface area contributed by atoms with Crippen molar-refractivity contribution in [2.75, 3.05) is 19.7 Å². The van der Waals surface area contributed by atoms with E-state index in [4.69, 9.17) is 4.74 Å². The van der Waals surface area contributed by atoms with Crippen LogP contribution in [0.2, 0.25) is 0 Å². The molecule has 2 rings (SSSR count). The highest BCUT2D eigenvalue weighted by Crippen LogP contribution is 2.24. The number of amides is 1. The van der Waals surface area contributed by atoms with Gasteiger partial charge in [-0.05, 0) is 52.7 Å². The normalized spacial score (nSPS) is 16.4. The molecule has 1 aromatic rings. The largest absolute Gasteiger partial charge is 0.455 e. The Balaban J connectivity index is 1.88. The van der Waals surface area contributed by atoms with Crippen molar-refractivity contribution in [3.8, 4) is 0 Å². The van der Waals surface area contributed by atoms with Gasteiger partial charge in [0.25, 0.3) is 5.91 Å². The number of sulfonamides is 1. The van der Waals surface area contributed by atoms with Crippen molar-refractivity contribution in [1.82, 2.24) is 14.2 Å². The maximum Gasteiger partial charge on any atom is 0.309 e. The molecular formula is C19H29N3O5S. The van der Waals surface area contributed by atoms with Gasteiger partial charge in [0.05, 0.1) is 5.92 Å². The summed E-state index contributed by atoms with van der Waals surface area (Å²) in [4.78, 5) is 30.3. The van der Waals surface area contributed by atoms with Crippen LogP contribution in [0, 0.1) is 5.92 Å². The minimum Gasteiger partial charge on any atom is -0.455 e. The number of rotatable bonds is 7. The second-order valence-corrected chi connectivity index (χ2v) is 9.40. The monoisotopic (exact) mass is 411 g/mol. The lowest BCUT2D eigenvalue weighted by atomic mass is 9.98. The minimum absolute atomic E-state index is 0.0205. The van der Waals surface area contributed by atoms with Crippen LogP contribution in [-0.2, 0) is 24.3 Å². The van der Waals surface area contributed by atoms with Crippen LogP contribution in [0.25, 0.3) is 0 Å². The summed E-state index contributed by atoms with van der Waals surface area (Å²) in [6.07, 6.45) is 3.56. The van der Waals surface area contributed by atoms with E-state index in [0.717, 1.165) is 0 Å². The summed E-state index contributed by atoms with van der Waals surface area (Å²) >= 11 is 0. The second-order valence-electron chi connectivity index (χ2n) is 7.46.